The number of ketones is 1. The van der Waals surface area contributed by atoms with Gasteiger partial charge in [0.25, 0.3) is 0 Å². The number of carbonyl (C=O) groups is 1. The first kappa shape index (κ1) is 16.5. The second kappa shape index (κ2) is 7.50. The van der Waals surface area contributed by atoms with Crippen LogP contribution in [0.5, 0.6) is 0 Å². The molecular weight excluding hydrogens is 352 g/mol. The predicted molar refractivity (Wildman–Crippen MR) is 91.0 cm³/mol. The lowest BCUT2D eigenvalue weighted by molar-refractivity contribution is 0.101. The number of thioether (sulfide) groups is 1. The number of halogens is 2. The molecule has 4 nitrogen and oxygen atoms in total. The third kappa shape index (κ3) is 4.15. The molecule has 122 valence electrons. The van der Waals surface area contributed by atoms with Crippen molar-refractivity contribution in [3.8, 4) is 0 Å². The molecule has 2 aromatic carbocycles. The Morgan fingerprint density at radius 3 is 2.75 bits per heavy atom. The molecule has 0 saturated carbocycles. The van der Waals surface area contributed by atoms with Gasteiger partial charge in [-0.2, -0.15) is 0 Å². The Bertz CT molecular complexity index is 870. The van der Waals surface area contributed by atoms with E-state index in [4.69, 9.17) is 0 Å². The van der Waals surface area contributed by atoms with Gasteiger partial charge in [-0.1, -0.05) is 41.3 Å². The maximum atomic E-state index is 13.5. The molecule has 8 heteroatoms. The van der Waals surface area contributed by atoms with E-state index in [2.05, 4.69) is 15.5 Å². The number of anilines is 2. The van der Waals surface area contributed by atoms with Crippen molar-refractivity contribution in [2.75, 3.05) is 11.1 Å². The van der Waals surface area contributed by atoms with E-state index >= 15 is 0 Å². The van der Waals surface area contributed by atoms with E-state index < -0.39 is 5.82 Å². The molecule has 1 N–H and O–H groups in total. The summed E-state index contributed by atoms with van der Waals surface area (Å²) in [7, 11) is 0. The van der Waals surface area contributed by atoms with Gasteiger partial charge < -0.3 is 5.32 Å². The smallest absolute Gasteiger partial charge is 0.210 e. The maximum Gasteiger partial charge on any atom is 0.210 e. The van der Waals surface area contributed by atoms with Crippen molar-refractivity contribution >= 4 is 39.7 Å². The van der Waals surface area contributed by atoms with Crippen molar-refractivity contribution in [1.82, 2.24) is 10.2 Å². The van der Waals surface area contributed by atoms with Crippen molar-refractivity contribution in [2.24, 2.45) is 0 Å². The van der Waals surface area contributed by atoms with Gasteiger partial charge in [0.2, 0.25) is 5.13 Å². The summed E-state index contributed by atoms with van der Waals surface area (Å²) in [5.41, 5.74) is 0.623. The van der Waals surface area contributed by atoms with Crippen LogP contribution in [-0.2, 0) is 0 Å². The van der Waals surface area contributed by atoms with Crippen LogP contribution in [0.15, 0.2) is 52.9 Å². The van der Waals surface area contributed by atoms with Gasteiger partial charge in [0.15, 0.2) is 10.1 Å². The fraction of sp³-hybridized carbons (Fsp3) is 0.0625. The standard InChI is InChI=1S/C16H11F2N3OS2/c17-10-4-3-5-11(8-10)19-15-20-21-16(24-15)23-9-14(22)12-6-1-2-7-13(12)18/h1-8H,9H2,(H,19,20). The van der Waals surface area contributed by atoms with Crippen LogP contribution in [0.1, 0.15) is 10.4 Å². The zero-order chi connectivity index (χ0) is 16.9. The summed E-state index contributed by atoms with van der Waals surface area (Å²) < 4.78 is 27.3. The number of hydrogen-bond acceptors (Lipinski definition) is 6. The molecule has 3 aromatic rings. The zero-order valence-corrected chi connectivity index (χ0v) is 13.8. The van der Waals surface area contributed by atoms with Gasteiger partial charge >= 0.3 is 0 Å². The molecule has 24 heavy (non-hydrogen) atoms. The first-order valence-electron chi connectivity index (χ1n) is 6.88. The van der Waals surface area contributed by atoms with E-state index in [-0.39, 0.29) is 22.9 Å². The van der Waals surface area contributed by atoms with Crippen molar-refractivity contribution in [1.29, 1.82) is 0 Å². The highest BCUT2D eigenvalue weighted by atomic mass is 32.2. The molecule has 0 aliphatic carbocycles. The largest absolute Gasteiger partial charge is 0.330 e. The Morgan fingerprint density at radius 1 is 1.12 bits per heavy atom. The first-order chi connectivity index (χ1) is 11.6. The lowest BCUT2D eigenvalue weighted by atomic mass is 10.1. The van der Waals surface area contributed by atoms with Crippen LogP contribution in [-0.4, -0.2) is 21.7 Å². The van der Waals surface area contributed by atoms with Crippen LogP contribution in [0.25, 0.3) is 0 Å². The number of aromatic nitrogens is 2. The van der Waals surface area contributed by atoms with E-state index in [9.17, 15) is 13.6 Å². The van der Waals surface area contributed by atoms with Crippen LogP contribution < -0.4 is 5.32 Å². The highest BCUT2D eigenvalue weighted by molar-refractivity contribution is 8.01. The minimum absolute atomic E-state index is 0.0626. The van der Waals surface area contributed by atoms with Crippen molar-refractivity contribution in [3.63, 3.8) is 0 Å². The number of nitrogens with zero attached hydrogens (tertiary/aromatic N) is 2. The van der Waals surface area contributed by atoms with Crippen LogP contribution in [0, 0.1) is 11.6 Å². The van der Waals surface area contributed by atoms with E-state index in [1.54, 1.807) is 18.2 Å². The van der Waals surface area contributed by atoms with E-state index in [1.165, 1.54) is 53.4 Å². The maximum absolute atomic E-state index is 13.5. The summed E-state index contributed by atoms with van der Waals surface area (Å²) in [5.74, 6) is -1.13. The molecule has 1 heterocycles. The Kier molecular flexibility index (Phi) is 5.17. The monoisotopic (exact) mass is 363 g/mol. The van der Waals surface area contributed by atoms with E-state index in [0.29, 0.717) is 15.2 Å². The summed E-state index contributed by atoms with van der Waals surface area (Å²) in [4.78, 5) is 12.0. The van der Waals surface area contributed by atoms with Gasteiger partial charge in [-0.25, -0.2) is 8.78 Å². The third-order valence-electron chi connectivity index (χ3n) is 2.98. The highest BCUT2D eigenvalue weighted by Crippen LogP contribution is 2.28. The minimum Gasteiger partial charge on any atom is -0.330 e. The number of benzene rings is 2. The molecule has 0 saturated heterocycles. The molecule has 0 spiro atoms. The molecule has 0 bridgehead atoms. The summed E-state index contributed by atoms with van der Waals surface area (Å²) in [6, 6.07) is 11.8. The van der Waals surface area contributed by atoms with Crippen LogP contribution >= 0.6 is 23.1 Å². The average molecular weight is 363 g/mol. The number of nitrogens with one attached hydrogen (secondary N) is 1. The highest BCUT2D eigenvalue weighted by Gasteiger charge is 2.13. The Labute approximate surface area is 144 Å². The topological polar surface area (TPSA) is 54.9 Å². The second-order valence-electron chi connectivity index (χ2n) is 4.70. The average Bonchev–Trinajstić information content (AvgIpc) is 3.00. The van der Waals surface area contributed by atoms with Gasteiger partial charge in [-0.3, -0.25) is 4.79 Å². The molecule has 0 aliphatic heterocycles. The molecule has 0 fully saturated rings. The molecule has 0 radical (unpaired) electrons. The van der Waals surface area contributed by atoms with Gasteiger partial charge in [0.05, 0.1) is 11.3 Å². The lowest BCUT2D eigenvalue weighted by Gasteiger charge is -2.01. The van der Waals surface area contributed by atoms with Gasteiger partial charge in [0, 0.05) is 5.69 Å². The van der Waals surface area contributed by atoms with E-state index in [1.807, 2.05) is 0 Å². The number of carbonyl (C=O) groups excluding carboxylic acids is 1. The van der Waals surface area contributed by atoms with Crippen LogP contribution in [0.4, 0.5) is 19.6 Å². The number of hydrogen-bond donors (Lipinski definition) is 1. The molecule has 0 aliphatic rings. The van der Waals surface area contributed by atoms with Crippen molar-refractivity contribution in [3.05, 3.63) is 65.7 Å². The fourth-order valence-corrected chi connectivity index (χ4v) is 3.56. The minimum atomic E-state index is -0.533. The van der Waals surface area contributed by atoms with E-state index in [0.717, 1.165) is 0 Å². The lowest BCUT2D eigenvalue weighted by Crippen LogP contribution is -2.04. The molecule has 0 atom stereocenters. The van der Waals surface area contributed by atoms with Crippen molar-refractivity contribution in [2.45, 2.75) is 4.34 Å². The molecule has 1 aromatic heterocycles. The normalized spacial score (nSPS) is 10.6. The van der Waals surface area contributed by atoms with Crippen molar-refractivity contribution < 1.29 is 13.6 Å². The summed E-state index contributed by atoms with van der Waals surface area (Å²) in [6.45, 7) is 0. The fourth-order valence-electron chi connectivity index (χ4n) is 1.90. The number of Topliss-reactive ketones (excluding diaryl/α,β-unsaturated/α-hetero) is 1. The van der Waals surface area contributed by atoms with Gasteiger partial charge in [0.1, 0.15) is 11.6 Å². The quantitative estimate of drug-likeness (QED) is 0.515. The zero-order valence-electron chi connectivity index (χ0n) is 12.2. The second-order valence-corrected chi connectivity index (χ2v) is 6.90. The predicted octanol–water partition coefficient (Wildman–Crippen LogP) is 4.53. The SMILES string of the molecule is O=C(CSc1nnc(Nc2cccc(F)c2)s1)c1ccccc1F. The first-order valence-corrected chi connectivity index (χ1v) is 8.68. The van der Waals surface area contributed by atoms with Crippen LogP contribution in [0.3, 0.4) is 0 Å². The Hall–Kier alpha value is -2.32. The molecule has 0 unspecified atom stereocenters. The Balaban J connectivity index is 1.60. The number of rotatable bonds is 6. The molecule has 0 amide bonds. The molecule has 3 rings (SSSR count). The van der Waals surface area contributed by atoms with Gasteiger partial charge in [-0.15, -0.1) is 10.2 Å². The third-order valence-corrected chi connectivity index (χ3v) is 4.96. The summed E-state index contributed by atoms with van der Waals surface area (Å²) >= 11 is 2.42. The molecular formula is C16H11F2N3OS2. The Morgan fingerprint density at radius 2 is 1.96 bits per heavy atom. The summed E-state index contributed by atoms with van der Waals surface area (Å²) in [5, 5.41) is 11.3. The van der Waals surface area contributed by atoms with Crippen LogP contribution in [0.2, 0.25) is 0 Å². The van der Waals surface area contributed by atoms with Gasteiger partial charge in [-0.05, 0) is 30.3 Å². The summed E-state index contributed by atoms with van der Waals surface area (Å²) in [6.07, 6.45) is 0.